The van der Waals surface area contributed by atoms with Crippen molar-refractivity contribution in [3.63, 3.8) is 0 Å². The number of carbonyl (C=O) groups is 1. The van der Waals surface area contributed by atoms with Crippen LogP contribution in [0.4, 0.5) is 0 Å². The van der Waals surface area contributed by atoms with Crippen LogP contribution in [0.5, 0.6) is 0 Å². The Hall–Kier alpha value is -3.12. The summed E-state index contributed by atoms with van der Waals surface area (Å²) in [4.78, 5) is 18.8. The summed E-state index contributed by atoms with van der Waals surface area (Å²) in [6.07, 6.45) is -0.727. The molecule has 0 aromatic heterocycles. The van der Waals surface area contributed by atoms with E-state index in [1.165, 1.54) is 0 Å². The topological polar surface area (TPSA) is 82.8 Å². The Labute approximate surface area is 146 Å². The average molecular weight is 333 g/mol. The molecule has 4 rings (SSSR count). The number of nitrogens with zero attached hydrogens (tertiary/aromatic N) is 2. The molecule has 0 radical (unpaired) electrons. The molecule has 2 aliphatic heterocycles. The predicted octanol–water partition coefficient (Wildman–Crippen LogP) is 1.19. The maximum absolute atomic E-state index is 12.5. The van der Waals surface area contributed by atoms with Gasteiger partial charge in [0.05, 0.1) is 11.4 Å². The van der Waals surface area contributed by atoms with Crippen molar-refractivity contribution in [1.29, 1.82) is 0 Å². The molecule has 1 amide bonds. The van der Waals surface area contributed by atoms with Crippen LogP contribution in [0, 0.1) is 0 Å². The number of hydrogen-bond donors (Lipinski definition) is 3. The molecule has 0 fully saturated rings. The van der Waals surface area contributed by atoms with Crippen LogP contribution in [0.2, 0.25) is 0 Å². The Morgan fingerprint density at radius 2 is 1.60 bits per heavy atom. The van der Waals surface area contributed by atoms with Crippen LogP contribution in [-0.4, -0.2) is 36.0 Å². The Kier molecular flexibility index (Phi) is 3.74. The normalized spacial score (nSPS) is 22.7. The lowest BCUT2D eigenvalue weighted by molar-refractivity contribution is -0.124. The van der Waals surface area contributed by atoms with E-state index in [9.17, 15) is 4.79 Å². The Bertz CT molecular complexity index is 860. The number of likely N-dealkylation sites (N-methyl/N-ethyl adjacent to an activating group) is 1. The summed E-state index contributed by atoms with van der Waals surface area (Å²) in [5.41, 5.74) is 9.72. The smallest absolute Gasteiger partial charge is 0.253 e. The number of rotatable bonds is 2. The SMILES string of the molecule is CN1C(c2ccccc2)=C(c2ccccc2)NC2=NC(N)NC(=O)C21. The van der Waals surface area contributed by atoms with Gasteiger partial charge in [-0.15, -0.1) is 0 Å². The number of carbonyl (C=O) groups excluding carboxylic acids is 1. The maximum atomic E-state index is 12.5. The van der Waals surface area contributed by atoms with E-state index in [1.54, 1.807) is 0 Å². The van der Waals surface area contributed by atoms with Crippen molar-refractivity contribution < 1.29 is 4.79 Å². The summed E-state index contributed by atoms with van der Waals surface area (Å²) in [5.74, 6) is 0.408. The molecule has 0 bridgehead atoms. The van der Waals surface area contributed by atoms with Crippen molar-refractivity contribution in [1.82, 2.24) is 15.5 Å². The van der Waals surface area contributed by atoms with Gasteiger partial charge < -0.3 is 15.5 Å². The molecule has 2 atom stereocenters. The number of hydrogen-bond acceptors (Lipinski definition) is 5. The molecule has 25 heavy (non-hydrogen) atoms. The number of fused-ring (bicyclic) bond motifs is 1. The zero-order valence-electron chi connectivity index (χ0n) is 13.8. The predicted molar refractivity (Wildman–Crippen MR) is 97.9 cm³/mol. The number of benzene rings is 2. The van der Waals surface area contributed by atoms with Crippen LogP contribution in [-0.2, 0) is 4.79 Å². The van der Waals surface area contributed by atoms with Gasteiger partial charge in [-0.05, 0) is 5.56 Å². The molecule has 0 saturated carbocycles. The molecule has 0 aliphatic carbocycles. The molecule has 2 aromatic rings. The molecule has 2 heterocycles. The van der Waals surface area contributed by atoms with Gasteiger partial charge in [0.2, 0.25) is 0 Å². The molecule has 6 heteroatoms. The standard InChI is InChI=1S/C19H19N5O/c1-24-15(13-10-6-3-7-11-13)14(12-8-4-2-5-9-12)21-17-16(24)18(25)23-19(20)22-17/h2-11,16,19H,20H2,1H3,(H,21,22)(H,23,25). The third-order valence-electron chi connectivity index (χ3n) is 4.42. The van der Waals surface area contributed by atoms with E-state index in [0.29, 0.717) is 5.84 Å². The summed E-state index contributed by atoms with van der Waals surface area (Å²) in [6, 6.07) is 19.5. The molecule has 0 spiro atoms. The van der Waals surface area contributed by atoms with Crippen molar-refractivity contribution >= 4 is 23.1 Å². The fourth-order valence-corrected chi connectivity index (χ4v) is 3.31. The second kappa shape index (κ2) is 6.07. The minimum Gasteiger partial charge on any atom is -0.354 e. The number of amidine groups is 1. The lowest BCUT2D eigenvalue weighted by Crippen LogP contribution is -2.63. The van der Waals surface area contributed by atoms with E-state index in [-0.39, 0.29) is 5.91 Å². The molecule has 2 aliphatic rings. The van der Waals surface area contributed by atoms with Crippen LogP contribution >= 0.6 is 0 Å². The van der Waals surface area contributed by atoms with Gasteiger partial charge in [0.25, 0.3) is 5.91 Å². The minimum atomic E-state index is -0.727. The van der Waals surface area contributed by atoms with E-state index >= 15 is 0 Å². The van der Waals surface area contributed by atoms with Crippen LogP contribution in [0.1, 0.15) is 11.1 Å². The van der Waals surface area contributed by atoms with Crippen molar-refractivity contribution in [2.24, 2.45) is 10.7 Å². The average Bonchev–Trinajstić information content (AvgIpc) is 2.62. The number of amides is 1. The highest BCUT2D eigenvalue weighted by Gasteiger charge is 2.39. The quantitative estimate of drug-likeness (QED) is 0.771. The monoisotopic (exact) mass is 333 g/mol. The molecule has 2 unspecified atom stereocenters. The number of aliphatic imine (C=N–C) groups is 1. The fraction of sp³-hybridized carbons (Fsp3) is 0.158. The first-order valence-corrected chi connectivity index (χ1v) is 8.14. The van der Waals surface area contributed by atoms with Gasteiger partial charge in [-0.1, -0.05) is 60.7 Å². The van der Waals surface area contributed by atoms with Gasteiger partial charge in [0.15, 0.2) is 12.3 Å². The maximum Gasteiger partial charge on any atom is 0.253 e. The molecule has 0 saturated heterocycles. The third kappa shape index (κ3) is 2.66. The fourth-order valence-electron chi connectivity index (χ4n) is 3.31. The molecular formula is C19H19N5O. The summed E-state index contributed by atoms with van der Waals surface area (Å²) in [5, 5.41) is 6.04. The first-order valence-electron chi connectivity index (χ1n) is 8.14. The second-order valence-electron chi connectivity index (χ2n) is 6.06. The van der Waals surface area contributed by atoms with Crippen LogP contribution in [0.25, 0.3) is 11.4 Å². The van der Waals surface area contributed by atoms with Crippen molar-refractivity contribution in [2.45, 2.75) is 12.3 Å². The van der Waals surface area contributed by atoms with Crippen LogP contribution in [0.3, 0.4) is 0 Å². The van der Waals surface area contributed by atoms with Crippen molar-refractivity contribution in [3.8, 4) is 0 Å². The van der Waals surface area contributed by atoms with Gasteiger partial charge in [-0.3, -0.25) is 10.5 Å². The van der Waals surface area contributed by atoms with E-state index in [0.717, 1.165) is 22.5 Å². The van der Waals surface area contributed by atoms with Crippen LogP contribution < -0.4 is 16.4 Å². The van der Waals surface area contributed by atoms with Crippen molar-refractivity contribution in [3.05, 3.63) is 71.8 Å². The summed E-state index contributed by atoms with van der Waals surface area (Å²) in [6.45, 7) is 0. The Balaban J connectivity index is 1.93. The number of nitrogens with one attached hydrogen (secondary N) is 2. The van der Waals surface area contributed by atoms with E-state index in [1.807, 2.05) is 72.6 Å². The third-order valence-corrected chi connectivity index (χ3v) is 4.42. The molecule has 2 aromatic carbocycles. The lowest BCUT2D eigenvalue weighted by Gasteiger charge is -2.41. The number of nitrogens with two attached hydrogens (primary N) is 1. The summed E-state index contributed by atoms with van der Waals surface area (Å²) < 4.78 is 0. The highest BCUT2D eigenvalue weighted by molar-refractivity contribution is 6.16. The van der Waals surface area contributed by atoms with Gasteiger partial charge in [-0.2, -0.15) is 0 Å². The molecule has 126 valence electrons. The van der Waals surface area contributed by atoms with E-state index in [2.05, 4.69) is 15.6 Å². The Morgan fingerprint density at radius 3 is 2.24 bits per heavy atom. The highest BCUT2D eigenvalue weighted by atomic mass is 16.2. The van der Waals surface area contributed by atoms with Gasteiger partial charge in [0.1, 0.15) is 5.84 Å². The summed E-state index contributed by atoms with van der Waals surface area (Å²) >= 11 is 0. The zero-order valence-corrected chi connectivity index (χ0v) is 13.8. The summed E-state index contributed by atoms with van der Waals surface area (Å²) in [7, 11) is 1.91. The molecule has 6 nitrogen and oxygen atoms in total. The van der Waals surface area contributed by atoms with Gasteiger partial charge >= 0.3 is 0 Å². The van der Waals surface area contributed by atoms with Crippen LogP contribution in [0.15, 0.2) is 65.7 Å². The Morgan fingerprint density at radius 1 is 1.00 bits per heavy atom. The zero-order chi connectivity index (χ0) is 17.4. The van der Waals surface area contributed by atoms with Crippen molar-refractivity contribution in [2.75, 3.05) is 7.05 Å². The minimum absolute atomic E-state index is 0.159. The first-order chi connectivity index (χ1) is 12.1. The first kappa shape index (κ1) is 15.4. The highest BCUT2D eigenvalue weighted by Crippen LogP contribution is 2.32. The van der Waals surface area contributed by atoms with Gasteiger partial charge in [-0.25, -0.2) is 4.99 Å². The largest absolute Gasteiger partial charge is 0.354 e. The van der Waals surface area contributed by atoms with E-state index < -0.39 is 12.3 Å². The van der Waals surface area contributed by atoms with E-state index in [4.69, 9.17) is 5.73 Å². The lowest BCUT2D eigenvalue weighted by atomic mass is 9.98. The second-order valence-corrected chi connectivity index (χ2v) is 6.06. The van der Waals surface area contributed by atoms with Gasteiger partial charge in [0, 0.05) is 12.6 Å². The molecular weight excluding hydrogens is 314 g/mol. The molecule has 4 N–H and O–H groups in total.